The first-order chi connectivity index (χ1) is 27.9. The molecule has 5 atom stereocenters. The first-order valence-corrected chi connectivity index (χ1v) is 20.7. The van der Waals surface area contributed by atoms with E-state index in [0.717, 1.165) is 25.7 Å². The average Bonchev–Trinajstić information content (AvgIpc) is 3.66. The van der Waals surface area contributed by atoms with Crippen molar-refractivity contribution in [3.63, 3.8) is 0 Å². The lowest BCUT2D eigenvalue weighted by Gasteiger charge is -2.34. The quantitative estimate of drug-likeness (QED) is 0.0687. The molecule has 3 aliphatic carbocycles. The zero-order valence-electron chi connectivity index (χ0n) is 35.4. The Labute approximate surface area is 348 Å². The van der Waals surface area contributed by atoms with Crippen LogP contribution in [0.2, 0.25) is 0 Å². The number of nitrogens with one attached hydrogen (secondary N) is 4. The highest BCUT2D eigenvalue weighted by Gasteiger charge is 2.51. The van der Waals surface area contributed by atoms with Crippen LogP contribution in [0.25, 0.3) is 0 Å². The largest absolute Gasteiger partial charge is 0.443 e. The van der Waals surface area contributed by atoms with Gasteiger partial charge in [0.05, 0.1) is 12.6 Å². The van der Waals surface area contributed by atoms with Gasteiger partial charge in [0.1, 0.15) is 23.4 Å². The van der Waals surface area contributed by atoms with Crippen molar-refractivity contribution in [1.82, 2.24) is 31.1 Å². The smallest absolute Gasteiger partial charge is 0.408 e. The molecular weight excluding hydrogens is 753 g/mol. The van der Waals surface area contributed by atoms with Crippen LogP contribution in [0, 0.1) is 41.9 Å². The Morgan fingerprint density at radius 1 is 1.07 bits per heavy atom. The molecule has 2 unspecified atom stereocenters. The number of terminal acetylenes is 1. The molecule has 0 aromatic heterocycles. The van der Waals surface area contributed by atoms with Gasteiger partial charge in [-0.2, -0.15) is 0 Å². The monoisotopic (exact) mass is 814 g/mol. The number of carbonyl (C=O) groups excluding carboxylic acids is 7. The number of amides is 6. The van der Waals surface area contributed by atoms with E-state index < -0.39 is 83.5 Å². The SMILES string of the molecule is C#CC1CN(C(=O)[C@@H](NC(=O)OC(C)(C)CC=C)C2CCCC2)[C@H](C(=O)NC(CC2CC2)C(=O)C(=O)NCC(=O)N/C(C(=O)N(C)C(=C)C)=C2/C=CC=CC2)[C@H]1C(C)C. The highest BCUT2D eigenvalue weighted by Crippen LogP contribution is 2.39. The summed E-state index contributed by atoms with van der Waals surface area (Å²) in [6.07, 6.45) is 19.7. The minimum absolute atomic E-state index is 0.0139. The number of likely N-dealkylation sites (N-methyl/N-ethyl adjacent to an activating group) is 1. The van der Waals surface area contributed by atoms with E-state index >= 15 is 0 Å². The van der Waals surface area contributed by atoms with E-state index in [1.807, 2.05) is 26.0 Å². The van der Waals surface area contributed by atoms with Crippen LogP contribution < -0.4 is 21.3 Å². The van der Waals surface area contributed by atoms with Gasteiger partial charge in [-0.15, -0.1) is 18.9 Å². The number of hydrogen-bond donors (Lipinski definition) is 4. The van der Waals surface area contributed by atoms with Crippen molar-refractivity contribution >= 4 is 41.4 Å². The number of ether oxygens (including phenoxy) is 1. The first kappa shape index (κ1) is 46.2. The van der Waals surface area contributed by atoms with Crippen molar-refractivity contribution in [3.05, 3.63) is 60.5 Å². The standard InChI is InChI=1S/C45H62N6O8/c1-10-23-45(7,8)59-44(58)49-37(32-19-15-16-20-32)43(57)51-26-30(11-2)35(27(3)4)38(51)40(54)47-33(24-29-21-22-29)39(53)41(55)46-25-34(52)48-36(31-17-13-12-14-18-31)42(56)50(9)28(5)6/h2,10,12-14,17,27,29-30,32-33,35,37-38H,1,5,15-16,18-26H2,3-4,6-9H3,(H,46,55)(H,47,54)(H,48,52)(H,49,58)/b36-31-/t30?,33?,35-,37-,38-/m0/s1. The maximum absolute atomic E-state index is 14.6. The number of carbonyl (C=O) groups is 7. The number of rotatable bonds is 18. The van der Waals surface area contributed by atoms with Gasteiger partial charge in [0, 0.05) is 37.5 Å². The van der Waals surface area contributed by atoms with Crippen molar-refractivity contribution in [2.24, 2.45) is 29.6 Å². The average molecular weight is 815 g/mol. The lowest BCUT2D eigenvalue weighted by atomic mass is 9.81. The second kappa shape index (κ2) is 20.5. The molecule has 14 heteroatoms. The van der Waals surface area contributed by atoms with Gasteiger partial charge >= 0.3 is 6.09 Å². The third kappa shape index (κ3) is 12.3. The number of nitrogens with zero attached hydrogens (tertiary/aromatic N) is 2. The van der Waals surface area contributed by atoms with E-state index in [2.05, 4.69) is 40.3 Å². The number of Topliss-reactive ketones (excluding diaryl/α,β-unsaturated/α-hetero) is 1. The number of likely N-dealkylation sites (tertiary alicyclic amines) is 1. The second-order valence-corrected chi connectivity index (χ2v) is 17.2. The minimum atomic E-state index is -1.25. The Morgan fingerprint density at radius 2 is 1.75 bits per heavy atom. The van der Waals surface area contributed by atoms with E-state index in [4.69, 9.17) is 11.2 Å². The van der Waals surface area contributed by atoms with Crippen LogP contribution in [0.5, 0.6) is 0 Å². The fourth-order valence-electron chi connectivity index (χ4n) is 8.13. The van der Waals surface area contributed by atoms with Crippen molar-refractivity contribution in [1.29, 1.82) is 0 Å². The molecule has 1 heterocycles. The molecule has 4 N–H and O–H groups in total. The third-order valence-corrected chi connectivity index (χ3v) is 11.6. The van der Waals surface area contributed by atoms with E-state index in [1.54, 1.807) is 39.0 Å². The summed E-state index contributed by atoms with van der Waals surface area (Å²) in [6.45, 7) is 15.9. The topological polar surface area (TPSA) is 183 Å². The van der Waals surface area contributed by atoms with Gasteiger partial charge in [-0.05, 0) is 69.8 Å². The summed E-state index contributed by atoms with van der Waals surface area (Å²) < 4.78 is 5.68. The fourth-order valence-corrected chi connectivity index (χ4v) is 8.13. The van der Waals surface area contributed by atoms with Crippen molar-refractivity contribution < 1.29 is 38.3 Å². The predicted molar refractivity (Wildman–Crippen MR) is 223 cm³/mol. The van der Waals surface area contributed by atoms with E-state index in [1.165, 1.54) is 16.8 Å². The van der Waals surface area contributed by atoms with Crippen LogP contribution in [0.15, 0.2) is 60.5 Å². The molecule has 0 radical (unpaired) electrons. The highest BCUT2D eigenvalue weighted by atomic mass is 16.6. The molecule has 0 aromatic carbocycles. The van der Waals surface area contributed by atoms with Gasteiger partial charge in [-0.3, -0.25) is 28.8 Å². The van der Waals surface area contributed by atoms with Crippen molar-refractivity contribution in [3.8, 4) is 12.3 Å². The summed E-state index contributed by atoms with van der Waals surface area (Å²) in [7, 11) is 1.53. The van der Waals surface area contributed by atoms with E-state index in [-0.39, 0.29) is 36.4 Å². The number of hydrogen-bond acceptors (Lipinski definition) is 8. The van der Waals surface area contributed by atoms with Crippen LogP contribution in [0.1, 0.15) is 92.4 Å². The molecule has 3 fully saturated rings. The second-order valence-electron chi connectivity index (χ2n) is 17.2. The Morgan fingerprint density at radius 3 is 2.31 bits per heavy atom. The zero-order chi connectivity index (χ0) is 43.6. The fraction of sp³-hybridized carbons (Fsp3) is 0.578. The summed E-state index contributed by atoms with van der Waals surface area (Å²) in [5, 5.41) is 10.6. The molecule has 4 aliphatic rings. The highest BCUT2D eigenvalue weighted by molar-refractivity contribution is 6.38. The lowest BCUT2D eigenvalue weighted by Crippen LogP contribution is -2.59. The molecule has 0 bridgehead atoms. The normalized spacial score (nSPS) is 22.1. The van der Waals surface area contributed by atoms with Crippen LogP contribution in [-0.4, -0.2) is 95.1 Å². The maximum Gasteiger partial charge on any atom is 0.408 e. The van der Waals surface area contributed by atoms with Crippen molar-refractivity contribution in [2.75, 3.05) is 20.1 Å². The molecule has 1 aliphatic heterocycles. The minimum Gasteiger partial charge on any atom is -0.443 e. The Hall–Kier alpha value is -5.45. The van der Waals surface area contributed by atoms with Gasteiger partial charge in [-0.25, -0.2) is 4.79 Å². The first-order valence-electron chi connectivity index (χ1n) is 20.7. The van der Waals surface area contributed by atoms with Crippen LogP contribution in [0.4, 0.5) is 4.79 Å². The van der Waals surface area contributed by atoms with Gasteiger partial charge in [0.15, 0.2) is 0 Å². The van der Waals surface area contributed by atoms with Gasteiger partial charge in [-0.1, -0.05) is 76.5 Å². The summed E-state index contributed by atoms with van der Waals surface area (Å²) in [5.74, 6) is -2.85. The molecule has 0 aromatic rings. The number of allylic oxidation sites excluding steroid dienone is 6. The predicted octanol–water partition coefficient (Wildman–Crippen LogP) is 4.21. The van der Waals surface area contributed by atoms with Crippen molar-refractivity contribution in [2.45, 2.75) is 116 Å². The lowest BCUT2D eigenvalue weighted by molar-refractivity contribution is -0.144. The van der Waals surface area contributed by atoms with E-state index in [0.29, 0.717) is 37.0 Å². The molecule has 59 heavy (non-hydrogen) atoms. The summed E-state index contributed by atoms with van der Waals surface area (Å²) in [4.78, 5) is 98.7. The molecule has 14 nitrogen and oxygen atoms in total. The van der Waals surface area contributed by atoms with Gasteiger partial charge in [0.25, 0.3) is 11.8 Å². The Bertz CT molecular complexity index is 1810. The number of ketones is 1. The molecule has 0 spiro atoms. The Balaban J connectivity index is 1.53. The molecule has 2 saturated carbocycles. The number of alkyl carbamates (subject to hydrolysis) is 1. The van der Waals surface area contributed by atoms with Crippen LogP contribution in [-0.2, 0) is 33.5 Å². The third-order valence-electron chi connectivity index (χ3n) is 11.6. The summed E-state index contributed by atoms with van der Waals surface area (Å²) in [6, 6.07) is -3.33. The summed E-state index contributed by atoms with van der Waals surface area (Å²) in [5.41, 5.74) is 0.152. The van der Waals surface area contributed by atoms with Gasteiger partial charge < -0.3 is 35.8 Å². The molecule has 1 saturated heterocycles. The Kier molecular flexibility index (Phi) is 16.1. The maximum atomic E-state index is 14.6. The van der Waals surface area contributed by atoms with Crippen LogP contribution >= 0.6 is 0 Å². The molecule has 4 rings (SSSR count). The molecular formula is C45H62N6O8. The van der Waals surface area contributed by atoms with E-state index in [9.17, 15) is 33.6 Å². The molecule has 320 valence electrons. The van der Waals surface area contributed by atoms with Gasteiger partial charge in [0.2, 0.25) is 23.5 Å². The molecule has 6 amide bonds. The van der Waals surface area contributed by atoms with Crippen LogP contribution in [0.3, 0.4) is 0 Å². The zero-order valence-corrected chi connectivity index (χ0v) is 35.4. The summed E-state index contributed by atoms with van der Waals surface area (Å²) >= 11 is 0.